The molecule has 1 N–H and O–H groups in total. The van der Waals surface area contributed by atoms with Gasteiger partial charge >= 0.3 is 5.97 Å². The van der Waals surface area contributed by atoms with E-state index in [9.17, 15) is 9.59 Å². The van der Waals surface area contributed by atoms with Gasteiger partial charge in [-0.2, -0.15) is 0 Å². The van der Waals surface area contributed by atoms with Crippen LogP contribution in [0.3, 0.4) is 0 Å². The molecule has 1 aromatic carbocycles. The number of aliphatic carboxylic acids is 1. The highest BCUT2D eigenvalue weighted by atomic mass is 16.4. The topological polar surface area (TPSA) is 57.6 Å². The Morgan fingerprint density at radius 2 is 1.86 bits per heavy atom. The number of hydrogen-bond donors (Lipinski definition) is 1. The van der Waals surface area contributed by atoms with Crippen molar-refractivity contribution >= 4 is 11.9 Å². The van der Waals surface area contributed by atoms with Crippen LogP contribution in [0.25, 0.3) is 0 Å². The highest BCUT2D eigenvalue weighted by Gasteiger charge is 2.36. The number of likely N-dealkylation sites (tertiary alicyclic amines) is 1. The summed E-state index contributed by atoms with van der Waals surface area (Å²) in [5, 5.41) is 9.12. The van der Waals surface area contributed by atoms with Crippen LogP contribution in [-0.4, -0.2) is 35.0 Å². The molecule has 1 heterocycles. The maximum Gasteiger partial charge on any atom is 0.308 e. The first-order chi connectivity index (χ1) is 10.4. The Morgan fingerprint density at radius 3 is 2.36 bits per heavy atom. The third-order valence-corrected chi connectivity index (χ3v) is 4.56. The third kappa shape index (κ3) is 3.87. The molecule has 2 atom stereocenters. The van der Waals surface area contributed by atoms with E-state index in [-0.39, 0.29) is 11.8 Å². The number of rotatable bonds is 5. The summed E-state index contributed by atoms with van der Waals surface area (Å²) in [6.45, 7) is 7.12. The average molecular weight is 303 g/mol. The largest absolute Gasteiger partial charge is 0.481 e. The van der Waals surface area contributed by atoms with Crippen LogP contribution in [0.5, 0.6) is 0 Å². The van der Waals surface area contributed by atoms with Crippen LogP contribution in [0.15, 0.2) is 24.3 Å². The summed E-state index contributed by atoms with van der Waals surface area (Å²) in [5.74, 6) is -0.619. The predicted molar refractivity (Wildman–Crippen MR) is 85.7 cm³/mol. The third-order valence-electron chi connectivity index (χ3n) is 4.56. The van der Waals surface area contributed by atoms with Crippen LogP contribution in [0.2, 0.25) is 0 Å². The summed E-state index contributed by atoms with van der Waals surface area (Å²) >= 11 is 0. The standard InChI is InChI=1S/C18H25NO3/c1-12(2)15-7-4-14(5-8-15)6-9-17(20)19-10-13(3)16(11-19)18(21)22/h4-5,7-8,12-13,16H,6,9-11H2,1-3H3,(H,21,22)/t13-,16-/m1/s1. The second-order valence-corrected chi connectivity index (χ2v) is 6.62. The number of hydrogen-bond acceptors (Lipinski definition) is 2. The number of carboxylic acid groups (broad SMARTS) is 1. The van der Waals surface area contributed by atoms with Gasteiger partial charge in [-0.1, -0.05) is 45.0 Å². The minimum Gasteiger partial charge on any atom is -0.481 e. The maximum atomic E-state index is 12.2. The highest BCUT2D eigenvalue weighted by Crippen LogP contribution is 2.24. The van der Waals surface area contributed by atoms with Crippen molar-refractivity contribution in [2.24, 2.45) is 11.8 Å². The molecule has 1 fully saturated rings. The molecule has 1 aliphatic rings. The van der Waals surface area contributed by atoms with Gasteiger partial charge in [-0.25, -0.2) is 0 Å². The van der Waals surface area contributed by atoms with E-state index in [1.165, 1.54) is 5.56 Å². The number of carbonyl (C=O) groups excluding carboxylic acids is 1. The van der Waals surface area contributed by atoms with Crippen molar-refractivity contribution in [1.82, 2.24) is 4.90 Å². The van der Waals surface area contributed by atoms with Crippen molar-refractivity contribution in [3.8, 4) is 0 Å². The summed E-state index contributed by atoms with van der Waals surface area (Å²) in [6, 6.07) is 8.39. The van der Waals surface area contributed by atoms with Crippen LogP contribution in [0.1, 0.15) is 44.2 Å². The van der Waals surface area contributed by atoms with Gasteiger partial charge < -0.3 is 10.0 Å². The van der Waals surface area contributed by atoms with Gasteiger partial charge in [0.1, 0.15) is 0 Å². The lowest BCUT2D eigenvalue weighted by Crippen LogP contribution is -2.30. The van der Waals surface area contributed by atoms with Gasteiger partial charge in [-0.05, 0) is 29.4 Å². The number of carboxylic acids is 1. The lowest BCUT2D eigenvalue weighted by atomic mass is 9.99. The zero-order valence-electron chi connectivity index (χ0n) is 13.6. The van der Waals surface area contributed by atoms with Crippen molar-refractivity contribution < 1.29 is 14.7 Å². The van der Waals surface area contributed by atoms with Gasteiger partial charge in [0.2, 0.25) is 5.91 Å². The number of benzene rings is 1. The first-order valence-corrected chi connectivity index (χ1v) is 7.98. The van der Waals surface area contributed by atoms with E-state index in [0.29, 0.717) is 31.8 Å². The molecule has 1 saturated heterocycles. The number of carbonyl (C=O) groups is 2. The van der Waals surface area contributed by atoms with E-state index in [1.807, 2.05) is 6.92 Å². The quantitative estimate of drug-likeness (QED) is 0.910. The Balaban J connectivity index is 1.87. The zero-order chi connectivity index (χ0) is 16.3. The first-order valence-electron chi connectivity index (χ1n) is 7.98. The Bertz CT molecular complexity index is 536. The fourth-order valence-electron chi connectivity index (χ4n) is 2.97. The zero-order valence-corrected chi connectivity index (χ0v) is 13.6. The van der Waals surface area contributed by atoms with Crippen molar-refractivity contribution in [1.29, 1.82) is 0 Å². The average Bonchev–Trinajstić information content (AvgIpc) is 2.87. The molecule has 0 bridgehead atoms. The minimum atomic E-state index is -0.799. The van der Waals surface area contributed by atoms with E-state index in [4.69, 9.17) is 5.11 Å². The summed E-state index contributed by atoms with van der Waals surface area (Å²) in [4.78, 5) is 25.0. The molecule has 1 amide bonds. The van der Waals surface area contributed by atoms with Gasteiger partial charge in [0.05, 0.1) is 5.92 Å². The van der Waals surface area contributed by atoms with Crippen LogP contribution in [0, 0.1) is 11.8 Å². The molecule has 4 heteroatoms. The molecule has 0 aliphatic carbocycles. The molecule has 1 aliphatic heterocycles. The molecule has 1 aromatic rings. The Morgan fingerprint density at radius 1 is 1.23 bits per heavy atom. The smallest absolute Gasteiger partial charge is 0.308 e. The van der Waals surface area contributed by atoms with Crippen LogP contribution in [0.4, 0.5) is 0 Å². The van der Waals surface area contributed by atoms with Crippen LogP contribution < -0.4 is 0 Å². The van der Waals surface area contributed by atoms with E-state index in [1.54, 1.807) is 4.90 Å². The van der Waals surface area contributed by atoms with Gasteiger partial charge in [-0.15, -0.1) is 0 Å². The number of nitrogens with zero attached hydrogens (tertiary/aromatic N) is 1. The van der Waals surface area contributed by atoms with Crippen LogP contribution in [-0.2, 0) is 16.0 Å². The molecule has 0 radical (unpaired) electrons. The molecule has 0 saturated carbocycles. The monoisotopic (exact) mass is 303 g/mol. The van der Waals surface area contributed by atoms with E-state index in [2.05, 4.69) is 38.1 Å². The molecule has 0 spiro atoms. The van der Waals surface area contributed by atoms with Crippen molar-refractivity contribution in [3.63, 3.8) is 0 Å². The lowest BCUT2D eigenvalue weighted by Gasteiger charge is -2.16. The van der Waals surface area contributed by atoms with Crippen molar-refractivity contribution in [3.05, 3.63) is 35.4 Å². The molecule has 120 valence electrons. The van der Waals surface area contributed by atoms with Gasteiger partial charge in [0.25, 0.3) is 0 Å². The van der Waals surface area contributed by atoms with Gasteiger partial charge in [0.15, 0.2) is 0 Å². The Labute approximate surface area is 132 Å². The second kappa shape index (κ2) is 6.95. The number of aryl methyl sites for hydroxylation is 1. The molecule has 0 aromatic heterocycles. The second-order valence-electron chi connectivity index (χ2n) is 6.62. The normalized spacial score (nSPS) is 21.4. The van der Waals surface area contributed by atoms with Crippen molar-refractivity contribution in [2.75, 3.05) is 13.1 Å². The van der Waals surface area contributed by atoms with E-state index >= 15 is 0 Å². The maximum absolute atomic E-state index is 12.2. The van der Waals surface area contributed by atoms with E-state index < -0.39 is 11.9 Å². The summed E-state index contributed by atoms with van der Waals surface area (Å²) in [6.07, 6.45) is 1.15. The minimum absolute atomic E-state index is 0.0341. The number of amides is 1. The SMILES string of the molecule is CC(C)c1ccc(CCC(=O)N2C[C@@H](C)[C@H](C(=O)O)C2)cc1. The molecular weight excluding hydrogens is 278 g/mol. The summed E-state index contributed by atoms with van der Waals surface area (Å²) in [7, 11) is 0. The first kappa shape index (κ1) is 16.5. The Kier molecular flexibility index (Phi) is 5.22. The predicted octanol–water partition coefficient (Wildman–Crippen LogP) is 2.92. The lowest BCUT2D eigenvalue weighted by molar-refractivity contribution is -0.142. The molecule has 0 unspecified atom stereocenters. The Hall–Kier alpha value is -1.84. The fourth-order valence-corrected chi connectivity index (χ4v) is 2.97. The van der Waals surface area contributed by atoms with Gasteiger partial charge in [0, 0.05) is 19.5 Å². The molecule has 2 rings (SSSR count). The van der Waals surface area contributed by atoms with Crippen LogP contribution >= 0.6 is 0 Å². The molecule has 22 heavy (non-hydrogen) atoms. The summed E-state index contributed by atoms with van der Waals surface area (Å²) < 4.78 is 0. The highest BCUT2D eigenvalue weighted by molar-refractivity contribution is 5.79. The van der Waals surface area contributed by atoms with Gasteiger partial charge in [-0.3, -0.25) is 9.59 Å². The fraction of sp³-hybridized carbons (Fsp3) is 0.556. The molecule has 4 nitrogen and oxygen atoms in total. The molecular formula is C18H25NO3. The van der Waals surface area contributed by atoms with E-state index in [0.717, 1.165) is 5.56 Å². The summed E-state index contributed by atoms with van der Waals surface area (Å²) in [5.41, 5.74) is 2.45. The van der Waals surface area contributed by atoms with Crippen molar-refractivity contribution in [2.45, 2.75) is 39.5 Å².